The Morgan fingerprint density at radius 3 is 2.89 bits per heavy atom. The summed E-state index contributed by atoms with van der Waals surface area (Å²) in [7, 11) is 1.87. The fourth-order valence-corrected chi connectivity index (χ4v) is 2.87. The first-order valence-electron chi connectivity index (χ1n) is 5.61. The molecule has 0 radical (unpaired) electrons. The van der Waals surface area contributed by atoms with Crippen LogP contribution in [0.5, 0.6) is 0 Å². The lowest BCUT2D eigenvalue weighted by Crippen LogP contribution is -2.14. The van der Waals surface area contributed by atoms with Crippen LogP contribution in [-0.4, -0.2) is 17.2 Å². The monoisotopic (exact) mass is 285 g/mol. The second kappa shape index (κ2) is 5.73. The molecule has 1 atom stereocenters. The Morgan fingerprint density at radius 1 is 1.44 bits per heavy atom. The Labute approximate surface area is 114 Å². The van der Waals surface area contributed by atoms with E-state index < -0.39 is 0 Å². The van der Waals surface area contributed by atoms with Crippen LogP contribution in [0, 0.1) is 5.82 Å². The third kappa shape index (κ3) is 2.68. The standard InChI is InChI=1S/C12H13ClFN3S/c1-3-10(15-2)12-17-16-11(18-12)8-6-7(13)4-5-9(8)14/h4-6,10,15H,3H2,1-2H3. The van der Waals surface area contributed by atoms with Crippen molar-refractivity contribution >= 4 is 22.9 Å². The van der Waals surface area contributed by atoms with E-state index in [0.29, 0.717) is 15.6 Å². The SMILES string of the molecule is CCC(NC)c1nnc(-c2cc(Cl)ccc2F)s1. The molecule has 1 N–H and O–H groups in total. The molecular weight excluding hydrogens is 273 g/mol. The summed E-state index contributed by atoms with van der Waals surface area (Å²) >= 11 is 7.25. The molecule has 0 amide bonds. The average Bonchev–Trinajstić information content (AvgIpc) is 2.83. The number of benzene rings is 1. The Morgan fingerprint density at radius 2 is 2.22 bits per heavy atom. The van der Waals surface area contributed by atoms with Gasteiger partial charge in [0.05, 0.1) is 6.04 Å². The molecule has 0 spiro atoms. The lowest BCUT2D eigenvalue weighted by atomic mass is 10.2. The maximum atomic E-state index is 13.7. The van der Waals surface area contributed by atoms with E-state index in [2.05, 4.69) is 22.4 Å². The summed E-state index contributed by atoms with van der Waals surface area (Å²) in [6, 6.07) is 4.58. The Kier molecular flexibility index (Phi) is 4.27. The van der Waals surface area contributed by atoms with Crippen LogP contribution in [-0.2, 0) is 0 Å². The van der Waals surface area contributed by atoms with Crippen molar-refractivity contribution in [3.63, 3.8) is 0 Å². The van der Waals surface area contributed by atoms with Gasteiger partial charge in [0.1, 0.15) is 10.8 Å². The highest BCUT2D eigenvalue weighted by Crippen LogP contribution is 2.31. The minimum Gasteiger partial charge on any atom is -0.311 e. The van der Waals surface area contributed by atoms with Gasteiger partial charge in [-0.25, -0.2) is 4.39 Å². The van der Waals surface area contributed by atoms with Crippen molar-refractivity contribution in [2.75, 3.05) is 7.05 Å². The van der Waals surface area contributed by atoms with E-state index in [1.165, 1.54) is 23.5 Å². The predicted molar refractivity (Wildman–Crippen MR) is 72.4 cm³/mol. The number of aromatic nitrogens is 2. The van der Waals surface area contributed by atoms with Gasteiger partial charge in [0.25, 0.3) is 0 Å². The molecule has 0 aliphatic heterocycles. The van der Waals surface area contributed by atoms with Crippen molar-refractivity contribution in [1.29, 1.82) is 0 Å². The van der Waals surface area contributed by atoms with Crippen LogP contribution in [0.15, 0.2) is 18.2 Å². The molecule has 0 fully saturated rings. The van der Waals surface area contributed by atoms with E-state index in [-0.39, 0.29) is 11.9 Å². The molecule has 0 saturated heterocycles. The molecule has 6 heteroatoms. The molecule has 0 aliphatic rings. The van der Waals surface area contributed by atoms with E-state index in [0.717, 1.165) is 11.4 Å². The van der Waals surface area contributed by atoms with Crippen LogP contribution in [0.2, 0.25) is 5.02 Å². The highest BCUT2D eigenvalue weighted by molar-refractivity contribution is 7.14. The summed E-state index contributed by atoms with van der Waals surface area (Å²) in [6.45, 7) is 2.06. The summed E-state index contributed by atoms with van der Waals surface area (Å²) in [5, 5.41) is 13.2. The van der Waals surface area contributed by atoms with Gasteiger partial charge in [0, 0.05) is 10.6 Å². The number of hydrogen-bond donors (Lipinski definition) is 1. The number of nitrogens with zero attached hydrogens (tertiary/aromatic N) is 2. The molecule has 96 valence electrons. The molecule has 1 unspecified atom stereocenters. The first-order valence-corrected chi connectivity index (χ1v) is 6.81. The van der Waals surface area contributed by atoms with Crippen LogP contribution < -0.4 is 5.32 Å². The maximum Gasteiger partial charge on any atom is 0.150 e. The first kappa shape index (κ1) is 13.4. The third-order valence-electron chi connectivity index (χ3n) is 2.65. The van der Waals surface area contributed by atoms with Gasteiger partial charge in [0.15, 0.2) is 5.01 Å². The summed E-state index contributed by atoms with van der Waals surface area (Å²) in [5.74, 6) is -0.334. The second-order valence-corrected chi connectivity index (χ2v) is 5.26. The van der Waals surface area contributed by atoms with E-state index in [1.807, 2.05) is 7.05 Å². The number of rotatable bonds is 4. The Bertz CT molecular complexity index is 540. The van der Waals surface area contributed by atoms with Gasteiger partial charge in [-0.1, -0.05) is 29.9 Å². The highest BCUT2D eigenvalue weighted by Gasteiger charge is 2.16. The molecule has 1 aromatic heterocycles. The number of nitrogens with one attached hydrogen (secondary N) is 1. The van der Waals surface area contributed by atoms with Crippen LogP contribution >= 0.6 is 22.9 Å². The van der Waals surface area contributed by atoms with Gasteiger partial charge in [-0.3, -0.25) is 0 Å². The van der Waals surface area contributed by atoms with E-state index in [9.17, 15) is 4.39 Å². The van der Waals surface area contributed by atoms with Gasteiger partial charge in [-0.05, 0) is 31.7 Å². The fraction of sp³-hybridized carbons (Fsp3) is 0.333. The van der Waals surface area contributed by atoms with Crippen molar-refractivity contribution in [2.45, 2.75) is 19.4 Å². The Hall–Kier alpha value is -1.04. The molecule has 2 rings (SSSR count). The number of hydrogen-bond acceptors (Lipinski definition) is 4. The predicted octanol–water partition coefficient (Wildman–Crippen LogP) is 3.67. The van der Waals surface area contributed by atoms with Gasteiger partial charge in [-0.2, -0.15) is 0 Å². The van der Waals surface area contributed by atoms with Crippen molar-refractivity contribution in [3.8, 4) is 10.6 Å². The van der Waals surface area contributed by atoms with Gasteiger partial charge in [0.2, 0.25) is 0 Å². The molecule has 1 heterocycles. The molecular formula is C12H13ClFN3S. The van der Waals surface area contributed by atoms with Crippen molar-refractivity contribution in [3.05, 3.63) is 34.0 Å². The summed E-state index contributed by atoms with van der Waals surface area (Å²) in [5.41, 5.74) is 0.400. The highest BCUT2D eigenvalue weighted by atomic mass is 35.5. The molecule has 2 aromatic rings. The summed E-state index contributed by atoms with van der Waals surface area (Å²) < 4.78 is 13.7. The second-order valence-electron chi connectivity index (χ2n) is 3.82. The molecule has 0 saturated carbocycles. The number of halogens is 2. The van der Waals surface area contributed by atoms with Crippen molar-refractivity contribution in [2.24, 2.45) is 0 Å². The maximum absolute atomic E-state index is 13.7. The van der Waals surface area contributed by atoms with E-state index >= 15 is 0 Å². The zero-order chi connectivity index (χ0) is 13.1. The lowest BCUT2D eigenvalue weighted by molar-refractivity contribution is 0.568. The minimum absolute atomic E-state index is 0.151. The fourth-order valence-electron chi connectivity index (χ4n) is 1.65. The zero-order valence-corrected chi connectivity index (χ0v) is 11.6. The molecule has 0 aliphatic carbocycles. The largest absolute Gasteiger partial charge is 0.311 e. The van der Waals surface area contributed by atoms with Gasteiger partial charge in [-0.15, -0.1) is 10.2 Å². The summed E-state index contributed by atoms with van der Waals surface area (Å²) in [4.78, 5) is 0. The molecule has 0 bridgehead atoms. The minimum atomic E-state index is -0.334. The average molecular weight is 286 g/mol. The topological polar surface area (TPSA) is 37.8 Å². The van der Waals surface area contributed by atoms with Crippen LogP contribution in [0.3, 0.4) is 0 Å². The van der Waals surface area contributed by atoms with E-state index in [4.69, 9.17) is 11.6 Å². The molecule has 1 aromatic carbocycles. The van der Waals surface area contributed by atoms with Crippen LogP contribution in [0.25, 0.3) is 10.6 Å². The lowest BCUT2D eigenvalue weighted by Gasteiger charge is -2.08. The summed E-state index contributed by atoms with van der Waals surface area (Å²) in [6.07, 6.45) is 0.906. The Balaban J connectivity index is 2.37. The third-order valence-corrected chi connectivity index (χ3v) is 3.96. The quantitative estimate of drug-likeness (QED) is 0.931. The van der Waals surface area contributed by atoms with E-state index in [1.54, 1.807) is 6.07 Å². The van der Waals surface area contributed by atoms with Crippen LogP contribution in [0.4, 0.5) is 4.39 Å². The van der Waals surface area contributed by atoms with Gasteiger partial charge < -0.3 is 5.32 Å². The van der Waals surface area contributed by atoms with Gasteiger partial charge >= 0.3 is 0 Å². The molecule has 18 heavy (non-hydrogen) atoms. The van der Waals surface area contributed by atoms with Crippen molar-refractivity contribution in [1.82, 2.24) is 15.5 Å². The zero-order valence-electron chi connectivity index (χ0n) is 10.1. The first-order chi connectivity index (χ1) is 8.65. The van der Waals surface area contributed by atoms with Crippen molar-refractivity contribution < 1.29 is 4.39 Å². The smallest absolute Gasteiger partial charge is 0.150 e. The normalized spacial score (nSPS) is 12.7. The molecule has 3 nitrogen and oxygen atoms in total. The van der Waals surface area contributed by atoms with Crippen LogP contribution in [0.1, 0.15) is 24.4 Å².